The third-order valence-electron chi connectivity index (χ3n) is 3.18. The Morgan fingerprint density at radius 2 is 1.95 bits per heavy atom. The van der Waals surface area contributed by atoms with Crippen molar-refractivity contribution in [3.05, 3.63) is 34.0 Å². The van der Waals surface area contributed by atoms with Crippen LogP contribution in [0.15, 0.2) is 27.3 Å². The van der Waals surface area contributed by atoms with Crippen LogP contribution in [0.2, 0.25) is 0 Å². The number of hydrogen-bond acceptors (Lipinski definition) is 2. The zero-order valence-electron chi connectivity index (χ0n) is 12.3. The van der Waals surface area contributed by atoms with Gasteiger partial charge in [-0.2, -0.15) is 0 Å². The van der Waals surface area contributed by atoms with Crippen LogP contribution >= 0.6 is 15.9 Å². The highest BCUT2D eigenvalue weighted by Crippen LogP contribution is 2.32. The van der Waals surface area contributed by atoms with Crippen LogP contribution in [0.5, 0.6) is 0 Å². The summed E-state index contributed by atoms with van der Waals surface area (Å²) in [4.78, 5) is 0. The van der Waals surface area contributed by atoms with Crippen LogP contribution in [0, 0.1) is 0 Å². The van der Waals surface area contributed by atoms with Crippen molar-refractivity contribution in [2.24, 2.45) is 0 Å². The highest BCUT2D eigenvalue weighted by molar-refractivity contribution is 9.10. The van der Waals surface area contributed by atoms with Crippen LogP contribution in [-0.2, 0) is 6.54 Å². The monoisotopic (exact) mass is 323 g/mol. The molecule has 104 valence electrons. The number of fused-ring (bicyclic) bond motifs is 1. The van der Waals surface area contributed by atoms with Crippen molar-refractivity contribution in [2.45, 2.75) is 52.6 Å². The van der Waals surface area contributed by atoms with E-state index in [-0.39, 0.29) is 5.54 Å². The van der Waals surface area contributed by atoms with E-state index in [0.717, 1.165) is 16.6 Å². The topological polar surface area (TPSA) is 25.2 Å². The lowest BCUT2D eigenvalue weighted by molar-refractivity contribution is 0.423. The van der Waals surface area contributed by atoms with Crippen molar-refractivity contribution in [3.8, 4) is 0 Å². The lowest BCUT2D eigenvalue weighted by atomic mass is 10.00. The van der Waals surface area contributed by atoms with Crippen LogP contribution in [0.25, 0.3) is 11.0 Å². The van der Waals surface area contributed by atoms with E-state index in [1.54, 1.807) is 0 Å². The second-order valence-corrected chi connectivity index (χ2v) is 7.31. The van der Waals surface area contributed by atoms with E-state index in [9.17, 15) is 0 Å². The van der Waals surface area contributed by atoms with Crippen molar-refractivity contribution in [2.75, 3.05) is 0 Å². The first-order valence-corrected chi connectivity index (χ1v) is 7.52. The maximum Gasteiger partial charge on any atom is 0.137 e. The van der Waals surface area contributed by atoms with Crippen LogP contribution in [0.3, 0.4) is 0 Å². The van der Waals surface area contributed by atoms with Gasteiger partial charge in [-0.15, -0.1) is 0 Å². The molecule has 0 aliphatic rings. The Balaban J connectivity index is 2.42. The Morgan fingerprint density at radius 3 is 2.53 bits per heavy atom. The first-order valence-electron chi connectivity index (χ1n) is 6.72. The first kappa shape index (κ1) is 14.6. The van der Waals surface area contributed by atoms with Crippen LogP contribution < -0.4 is 5.32 Å². The summed E-state index contributed by atoms with van der Waals surface area (Å²) in [5, 5.41) is 4.71. The third-order valence-corrected chi connectivity index (χ3v) is 3.64. The van der Waals surface area contributed by atoms with Gasteiger partial charge >= 0.3 is 0 Å². The molecule has 0 saturated heterocycles. The lowest BCUT2D eigenvalue weighted by Gasteiger charge is -2.20. The van der Waals surface area contributed by atoms with E-state index in [1.165, 1.54) is 16.5 Å². The van der Waals surface area contributed by atoms with Gasteiger partial charge < -0.3 is 9.73 Å². The van der Waals surface area contributed by atoms with Gasteiger partial charge in [0.05, 0.1) is 6.26 Å². The van der Waals surface area contributed by atoms with Crippen molar-refractivity contribution >= 4 is 26.9 Å². The van der Waals surface area contributed by atoms with Gasteiger partial charge in [-0.3, -0.25) is 0 Å². The number of furan rings is 1. The summed E-state index contributed by atoms with van der Waals surface area (Å²) in [6, 6.07) is 4.29. The standard InChI is InChI=1S/C16H22BrNO/c1-10(2)13-6-12(17)7-14-11(9-19-15(13)14)8-18-16(3,4)5/h6-7,9-10,18H,8H2,1-5H3. The lowest BCUT2D eigenvalue weighted by Crippen LogP contribution is -2.34. The molecule has 1 aromatic heterocycles. The van der Waals surface area contributed by atoms with Gasteiger partial charge in [0.2, 0.25) is 0 Å². The highest BCUT2D eigenvalue weighted by atomic mass is 79.9. The highest BCUT2D eigenvalue weighted by Gasteiger charge is 2.15. The number of hydrogen-bond donors (Lipinski definition) is 1. The van der Waals surface area contributed by atoms with Crippen molar-refractivity contribution in [3.63, 3.8) is 0 Å². The van der Waals surface area contributed by atoms with Gasteiger partial charge in [-0.05, 0) is 44.4 Å². The fraction of sp³-hybridized carbons (Fsp3) is 0.500. The molecule has 19 heavy (non-hydrogen) atoms. The predicted octanol–water partition coefficient (Wildman–Crippen LogP) is 5.21. The predicted molar refractivity (Wildman–Crippen MR) is 84.6 cm³/mol. The van der Waals surface area contributed by atoms with Crippen LogP contribution in [0.4, 0.5) is 0 Å². The van der Waals surface area contributed by atoms with Crippen molar-refractivity contribution < 1.29 is 4.42 Å². The minimum atomic E-state index is 0.108. The summed E-state index contributed by atoms with van der Waals surface area (Å²) < 4.78 is 6.91. The molecule has 0 bridgehead atoms. The molecule has 3 heteroatoms. The molecule has 2 nitrogen and oxygen atoms in total. The SMILES string of the molecule is CC(C)c1cc(Br)cc2c(CNC(C)(C)C)coc12. The quantitative estimate of drug-likeness (QED) is 0.839. The molecule has 0 saturated carbocycles. The summed E-state index contributed by atoms with van der Waals surface area (Å²) >= 11 is 3.60. The van der Waals surface area contributed by atoms with E-state index in [4.69, 9.17) is 4.42 Å². The first-order chi connectivity index (χ1) is 8.78. The van der Waals surface area contributed by atoms with Crippen molar-refractivity contribution in [1.82, 2.24) is 5.32 Å². The Bertz CT molecular complexity index is 578. The van der Waals surface area contributed by atoms with Gasteiger partial charge in [-0.25, -0.2) is 0 Å². The summed E-state index contributed by atoms with van der Waals surface area (Å²) in [6.45, 7) is 11.7. The van der Waals surface area contributed by atoms with E-state index in [1.807, 2.05) is 6.26 Å². The average molecular weight is 324 g/mol. The number of nitrogens with one attached hydrogen (secondary N) is 1. The summed E-state index contributed by atoms with van der Waals surface area (Å²) in [6.07, 6.45) is 1.88. The zero-order valence-corrected chi connectivity index (χ0v) is 13.9. The normalized spacial score (nSPS) is 12.6. The molecule has 0 aliphatic carbocycles. The van der Waals surface area contributed by atoms with E-state index < -0.39 is 0 Å². The van der Waals surface area contributed by atoms with Crippen LogP contribution in [0.1, 0.15) is 51.7 Å². The molecule has 0 atom stereocenters. The number of rotatable bonds is 3. The van der Waals surface area contributed by atoms with Crippen LogP contribution in [-0.4, -0.2) is 5.54 Å². The fourth-order valence-electron chi connectivity index (χ4n) is 2.10. The van der Waals surface area contributed by atoms with Gasteiger partial charge in [0.15, 0.2) is 0 Å². The molecule has 0 amide bonds. The molecule has 0 radical (unpaired) electrons. The largest absolute Gasteiger partial charge is 0.464 e. The second kappa shape index (κ2) is 5.29. The molecule has 0 aliphatic heterocycles. The molecule has 1 N–H and O–H groups in total. The third kappa shape index (κ3) is 3.40. The maximum absolute atomic E-state index is 5.80. The molecule has 0 unspecified atom stereocenters. The van der Waals surface area contributed by atoms with Gasteiger partial charge in [0, 0.05) is 27.5 Å². The smallest absolute Gasteiger partial charge is 0.137 e. The van der Waals surface area contributed by atoms with E-state index in [2.05, 4.69) is 68.0 Å². The molecule has 1 aromatic carbocycles. The Hall–Kier alpha value is -0.800. The maximum atomic E-state index is 5.80. The molecule has 2 rings (SSSR count). The minimum absolute atomic E-state index is 0.108. The summed E-state index contributed by atoms with van der Waals surface area (Å²) in [5.41, 5.74) is 3.60. The molecule has 0 spiro atoms. The Labute approximate surface area is 123 Å². The fourth-order valence-corrected chi connectivity index (χ4v) is 2.58. The van der Waals surface area contributed by atoms with E-state index in [0.29, 0.717) is 5.92 Å². The van der Waals surface area contributed by atoms with Gasteiger partial charge in [-0.1, -0.05) is 29.8 Å². The van der Waals surface area contributed by atoms with Gasteiger partial charge in [0.1, 0.15) is 5.58 Å². The Kier molecular flexibility index (Phi) is 4.07. The number of halogens is 1. The summed E-state index contributed by atoms with van der Waals surface area (Å²) in [5.74, 6) is 0.453. The van der Waals surface area contributed by atoms with Gasteiger partial charge in [0.25, 0.3) is 0 Å². The minimum Gasteiger partial charge on any atom is -0.464 e. The van der Waals surface area contributed by atoms with Crippen molar-refractivity contribution in [1.29, 1.82) is 0 Å². The Morgan fingerprint density at radius 1 is 1.26 bits per heavy atom. The number of benzene rings is 1. The van der Waals surface area contributed by atoms with E-state index >= 15 is 0 Å². The molecular formula is C16H22BrNO. The summed E-state index contributed by atoms with van der Waals surface area (Å²) in [7, 11) is 0. The second-order valence-electron chi connectivity index (χ2n) is 6.39. The zero-order chi connectivity index (χ0) is 14.2. The average Bonchev–Trinajstić information content (AvgIpc) is 2.67. The molecule has 0 fully saturated rings. The molecule has 2 aromatic rings. The molecular weight excluding hydrogens is 302 g/mol. The molecule has 1 heterocycles.